The fraction of sp³-hybridized carbons (Fsp3) is 0.533. The molecule has 0 aliphatic rings. The summed E-state index contributed by atoms with van der Waals surface area (Å²) >= 11 is 0. The Morgan fingerprint density at radius 3 is 1.95 bits per heavy atom. The SMILES string of the molecule is CCOCCN(CCOCC)C(=O)c1c(O)cccc1O. The first-order chi connectivity index (χ1) is 10.1. The molecule has 0 spiro atoms. The van der Waals surface area contributed by atoms with Gasteiger partial charge in [0.25, 0.3) is 5.91 Å². The molecule has 0 fully saturated rings. The van der Waals surface area contributed by atoms with E-state index in [1.165, 1.54) is 23.1 Å². The number of hydrogen-bond donors (Lipinski definition) is 2. The van der Waals surface area contributed by atoms with Crippen LogP contribution in [0.3, 0.4) is 0 Å². The molecule has 1 aromatic carbocycles. The first-order valence-corrected chi connectivity index (χ1v) is 7.07. The van der Waals surface area contributed by atoms with E-state index in [4.69, 9.17) is 9.47 Å². The standard InChI is InChI=1S/C15H23NO5/c1-3-20-10-8-16(9-11-21-4-2)15(19)14-12(17)6-5-7-13(14)18/h5-7,17-18H,3-4,8-11H2,1-2H3. The molecule has 6 nitrogen and oxygen atoms in total. The Morgan fingerprint density at radius 2 is 1.52 bits per heavy atom. The summed E-state index contributed by atoms with van der Waals surface area (Å²) in [7, 11) is 0. The normalized spacial score (nSPS) is 10.6. The summed E-state index contributed by atoms with van der Waals surface area (Å²) in [5, 5.41) is 19.6. The van der Waals surface area contributed by atoms with E-state index >= 15 is 0 Å². The molecule has 0 saturated carbocycles. The highest BCUT2D eigenvalue weighted by Crippen LogP contribution is 2.27. The molecule has 118 valence electrons. The molecule has 1 aromatic rings. The lowest BCUT2D eigenvalue weighted by molar-refractivity contribution is 0.0545. The molecule has 1 amide bonds. The molecule has 21 heavy (non-hydrogen) atoms. The van der Waals surface area contributed by atoms with Gasteiger partial charge in [0.15, 0.2) is 0 Å². The number of benzene rings is 1. The topological polar surface area (TPSA) is 79.2 Å². The van der Waals surface area contributed by atoms with E-state index < -0.39 is 5.91 Å². The van der Waals surface area contributed by atoms with Gasteiger partial charge in [-0.25, -0.2) is 0 Å². The van der Waals surface area contributed by atoms with Gasteiger partial charge < -0.3 is 24.6 Å². The van der Waals surface area contributed by atoms with E-state index in [-0.39, 0.29) is 17.1 Å². The summed E-state index contributed by atoms with van der Waals surface area (Å²) in [4.78, 5) is 14.0. The van der Waals surface area contributed by atoms with Crippen molar-refractivity contribution in [2.24, 2.45) is 0 Å². The average Bonchev–Trinajstić information content (AvgIpc) is 2.45. The second-order valence-corrected chi connectivity index (χ2v) is 4.36. The second-order valence-electron chi connectivity index (χ2n) is 4.36. The number of phenols is 2. The molecular weight excluding hydrogens is 274 g/mol. The van der Waals surface area contributed by atoms with Gasteiger partial charge in [-0.3, -0.25) is 4.79 Å². The van der Waals surface area contributed by atoms with Crippen molar-refractivity contribution < 1.29 is 24.5 Å². The van der Waals surface area contributed by atoms with E-state index in [0.717, 1.165) is 0 Å². The summed E-state index contributed by atoms with van der Waals surface area (Å²) in [6.45, 7) is 6.40. The lowest BCUT2D eigenvalue weighted by atomic mass is 10.1. The Kier molecular flexibility index (Phi) is 7.56. The van der Waals surface area contributed by atoms with Crippen LogP contribution < -0.4 is 0 Å². The minimum absolute atomic E-state index is 0.0921. The zero-order valence-electron chi connectivity index (χ0n) is 12.5. The van der Waals surface area contributed by atoms with E-state index in [2.05, 4.69) is 0 Å². The van der Waals surface area contributed by atoms with Crippen molar-refractivity contribution in [3.63, 3.8) is 0 Å². The molecule has 0 radical (unpaired) electrons. The summed E-state index contributed by atoms with van der Waals surface area (Å²) < 4.78 is 10.5. The number of aromatic hydroxyl groups is 2. The highest BCUT2D eigenvalue weighted by atomic mass is 16.5. The molecular formula is C15H23NO5. The lowest BCUT2D eigenvalue weighted by Crippen LogP contribution is -2.36. The zero-order chi connectivity index (χ0) is 15.7. The average molecular weight is 297 g/mol. The predicted molar refractivity (Wildman–Crippen MR) is 78.7 cm³/mol. The van der Waals surface area contributed by atoms with Crippen LogP contribution in [0.2, 0.25) is 0 Å². The van der Waals surface area contributed by atoms with Crippen LogP contribution in [0.5, 0.6) is 11.5 Å². The number of carbonyl (C=O) groups is 1. The van der Waals surface area contributed by atoms with Gasteiger partial charge in [-0.1, -0.05) is 6.07 Å². The van der Waals surface area contributed by atoms with Crippen LogP contribution in [-0.4, -0.2) is 60.5 Å². The highest BCUT2D eigenvalue weighted by Gasteiger charge is 2.22. The Morgan fingerprint density at radius 1 is 1.05 bits per heavy atom. The minimum atomic E-state index is -0.440. The third-order valence-electron chi connectivity index (χ3n) is 2.94. The fourth-order valence-electron chi connectivity index (χ4n) is 1.86. The number of ether oxygens (including phenoxy) is 2. The van der Waals surface area contributed by atoms with Gasteiger partial charge in [0, 0.05) is 26.3 Å². The van der Waals surface area contributed by atoms with E-state index in [0.29, 0.717) is 39.5 Å². The van der Waals surface area contributed by atoms with Crippen molar-refractivity contribution in [1.82, 2.24) is 4.90 Å². The lowest BCUT2D eigenvalue weighted by Gasteiger charge is -2.23. The van der Waals surface area contributed by atoms with Crippen LogP contribution in [0.1, 0.15) is 24.2 Å². The van der Waals surface area contributed by atoms with E-state index in [9.17, 15) is 15.0 Å². The third kappa shape index (κ3) is 5.24. The van der Waals surface area contributed by atoms with Crippen molar-refractivity contribution in [2.75, 3.05) is 39.5 Å². The molecule has 0 heterocycles. The van der Waals surface area contributed by atoms with Gasteiger partial charge in [-0.2, -0.15) is 0 Å². The van der Waals surface area contributed by atoms with E-state index in [1.54, 1.807) is 0 Å². The number of hydrogen-bond acceptors (Lipinski definition) is 5. The van der Waals surface area contributed by atoms with Crippen molar-refractivity contribution in [3.05, 3.63) is 23.8 Å². The minimum Gasteiger partial charge on any atom is -0.507 e. The van der Waals surface area contributed by atoms with Crippen LogP contribution in [-0.2, 0) is 9.47 Å². The number of carbonyl (C=O) groups excluding carboxylic acids is 1. The smallest absolute Gasteiger partial charge is 0.261 e. The van der Waals surface area contributed by atoms with Crippen molar-refractivity contribution >= 4 is 5.91 Å². The van der Waals surface area contributed by atoms with Gasteiger partial charge in [0.05, 0.1) is 13.2 Å². The molecule has 2 N–H and O–H groups in total. The molecule has 1 rings (SSSR count). The second kappa shape index (κ2) is 9.20. The van der Waals surface area contributed by atoms with Crippen LogP contribution in [0.15, 0.2) is 18.2 Å². The zero-order valence-corrected chi connectivity index (χ0v) is 12.5. The molecule has 0 saturated heterocycles. The largest absolute Gasteiger partial charge is 0.507 e. The van der Waals surface area contributed by atoms with Crippen molar-refractivity contribution in [3.8, 4) is 11.5 Å². The molecule has 0 aliphatic carbocycles. The van der Waals surface area contributed by atoms with Crippen molar-refractivity contribution in [2.45, 2.75) is 13.8 Å². The maximum Gasteiger partial charge on any atom is 0.261 e. The number of rotatable bonds is 9. The van der Waals surface area contributed by atoms with Crippen LogP contribution >= 0.6 is 0 Å². The van der Waals surface area contributed by atoms with Gasteiger partial charge in [0.2, 0.25) is 0 Å². The van der Waals surface area contributed by atoms with Crippen LogP contribution in [0.4, 0.5) is 0 Å². The predicted octanol–water partition coefficient (Wildman–Crippen LogP) is 1.61. The number of phenolic OH excluding ortho intramolecular Hbond substituents is 2. The quantitative estimate of drug-likeness (QED) is 0.677. The number of nitrogens with zero attached hydrogens (tertiary/aromatic N) is 1. The Labute approximate surface area is 124 Å². The summed E-state index contributed by atoms with van der Waals surface area (Å²) in [5.41, 5.74) is -0.0921. The monoisotopic (exact) mass is 297 g/mol. The maximum absolute atomic E-state index is 12.5. The fourth-order valence-corrected chi connectivity index (χ4v) is 1.86. The van der Waals surface area contributed by atoms with Gasteiger partial charge in [-0.05, 0) is 26.0 Å². The summed E-state index contributed by atoms with van der Waals surface area (Å²) in [5.74, 6) is -0.916. The summed E-state index contributed by atoms with van der Waals surface area (Å²) in [6.07, 6.45) is 0. The Hall–Kier alpha value is -1.79. The first kappa shape index (κ1) is 17.3. The Bertz CT molecular complexity index is 419. The number of amides is 1. The van der Waals surface area contributed by atoms with E-state index in [1.807, 2.05) is 13.8 Å². The van der Waals surface area contributed by atoms with Crippen molar-refractivity contribution in [1.29, 1.82) is 0 Å². The maximum atomic E-state index is 12.5. The van der Waals surface area contributed by atoms with Crippen LogP contribution in [0, 0.1) is 0 Å². The Balaban J connectivity index is 2.82. The third-order valence-corrected chi connectivity index (χ3v) is 2.94. The highest BCUT2D eigenvalue weighted by molar-refractivity contribution is 5.99. The van der Waals surface area contributed by atoms with Crippen LogP contribution in [0.25, 0.3) is 0 Å². The van der Waals surface area contributed by atoms with Gasteiger partial charge in [-0.15, -0.1) is 0 Å². The van der Waals surface area contributed by atoms with Gasteiger partial charge >= 0.3 is 0 Å². The molecule has 0 bridgehead atoms. The molecule has 6 heteroatoms. The molecule has 0 atom stereocenters. The molecule has 0 aliphatic heterocycles. The first-order valence-electron chi connectivity index (χ1n) is 7.07. The summed E-state index contributed by atoms with van der Waals surface area (Å²) in [6, 6.07) is 4.22. The van der Waals surface area contributed by atoms with Gasteiger partial charge in [0.1, 0.15) is 17.1 Å². The molecule has 0 unspecified atom stereocenters. The molecule has 0 aromatic heterocycles.